The molecule has 0 aliphatic heterocycles. The van der Waals surface area contributed by atoms with Crippen LogP contribution in [0, 0.1) is 0 Å². The van der Waals surface area contributed by atoms with Gasteiger partial charge in [0.15, 0.2) is 5.69 Å². The molecular formula is C15H20N4O. The van der Waals surface area contributed by atoms with E-state index in [0.717, 1.165) is 17.8 Å². The molecule has 4 N–H and O–H groups in total. The molecule has 0 spiro atoms. The average molecular weight is 272 g/mol. The zero-order valence-electron chi connectivity index (χ0n) is 12.0. The summed E-state index contributed by atoms with van der Waals surface area (Å²) in [5, 5.41) is 9.63. The van der Waals surface area contributed by atoms with Crippen molar-refractivity contribution in [1.82, 2.24) is 10.2 Å². The Morgan fingerprint density at radius 3 is 2.50 bits per heavy atom. The monoisotopic (exact) mass is 272 g/mol. The minimum Gasteiger partial charge on any atom is -0.395 e. The number of H-pyrrole nitrogens is 1. The normalized spacial score (nSPS) is 10.8. The Hall–Kier alpha value is -2.30. The van der Waals surface area contributed by atoms with E-state index < -0.39 is 0 Å². The van der Waals surface area contributed by atoms with Gasteiger partial charge in [-0.15, -0.1) is 0 Å². The van der Waals surface area contributed by atoms with E-state index in [1.54, 1.807) is 0 Å². The molecule has 0 atom stereocenters. The van der Waals surface area contributed by atoms with Gasteiger partial charge in [0.1, 0.15) is 0 Å². The van der Waals surface area contributed by atoms with Crippen LogP contribution in [0.2, 0.25) is 0 Å². The number of aryl methyl sites for hydroxylation is 1. The quantitative estimate of drug-likeness (QED) is 0.800. The first kappa shape index (κ1) is 14.1. The molecule has 0 aliphatic carbocycles. The van der Waals surface area contributed by atoms with E-state index in [9.17, 15) is 4.79 Å². The van der Waals surface area contributed by atoms with Crippen LogP contribution in [0.3, 0.4) is 0 Å². The molecule has 0 aliphatic rings. The van der Waals surface area contributed by atoms with Crippen molar-refractivity contribution in [1.29, 1.82) is 0 Å². The maximum Gasteiger partial charge on any atom is 0.278 e. The first-order chi connectivity index (χ1) is 9.52. The highest BCUT2D eigenvalue weighted by atomic mass is 16.2. The van der Waals surface area contributed by atoms with E-state index in [-0.39, 0.29) is 17.5 Å². The first-order valence-electron chi connectivity index (χ1n) is 6.77. The van der Waals surface area contributed by atoms with Crippen molar-refractivity contribution in [2.45, 2.75) is 33.1 Å². The van der Waals surface area contributed by atoms with Crippen molar-refractivity contribution >= 4 is 17.3 Å². The Morgan fingerprint density at radius 2 is 2.00 bits per heavy atom. The average Bonchev–Trinajstić information content (AvgIpc) is 2.81. The fraction of sp³-hybridized carbons (Fsp3) is 0.333. The number of amides is 1. The molecule has 20 heavy (non-hydrogen) atoms. The molecule has 0 bridgehead atoms. The number of hydrogen-bond donors (Lipinski definition) is 3. The summed E-state index contributed by atoms with van der Waals surface area (Å²) in [5.74, 6) is -0.0946. The third kappa shape index (κ3) is 2.82. The number of carbonyl (C=O) groups is 1. The lowest BCUT2D eigenvalue weighted by Crippen LogP contribution is -2.14. The fourth-order valence-electron chi connectivity index (χ4n) is 1.99. The molecule has 1 heterocycles. The highest BCUT2D eigenvalue weighted by molar-refractivity contribution is 6.06. The van der Waals surface area contributed by atoms with Crippen LogP contribution in [0.25, 0.3) is 0 Å². The fourth-order valence-corrected chi connectivity index (χ4v) is 1.99. The molecule has 0 unspecified atom stereocenters. The Morgan fingerprint density at radius 1 is 1.35 bits per heavy atom. The summed E-state index contributed by atoms with van der Waals surface area (Å²) in [6.45, 7) is 6.08. The molecule has 5 nitrogen and oxygen atoms in total. The SMILES string of the molecule is CCc1ccc(NC(=O)c2n[nH]c(C(C)C)c2N)cc1. The van der Waals surface area contributed by atoms with E-state index >= 15 is 0 Å². The Bertz CT molecular complexity index is 599. The summed E-state index contributed by atoms with van der Waals surface area (Å²) in [6, 6.07) is 7.73. The van der Waals surface area contributed by atoms with Gasteiger partial charge < -0.3 is 11.1 Å². The molecular weight excluding hydrogens is 252 g/mol. The molecule has 0 saturated carbocycles. The van der Waals surface area contributed by atoms with Crippen molar-refractivity contribution in [2.75, 3.05) is 11.1 Å². The van der Waals surface area contributed by atoms with E-state index in [0.29, 0.717) is 5.69 Å². The predicted octanol–water partition coefficient (Wildman–Crippen LogP) is 2.93. The van der Waals surface area contributed by atoms with Crippen molar-refractivity contribution in [3.63, 3.8) is 0 Å². The number of nitrogens with two attached hydrogens (primary N) is 1. The van der Waals surface area contributed by atoms with Crippen molar-refractivity contribution < 1.29 is 4.79 Å². The number of benzene rings is 1. The zero-order chi connectivity index (χ0) is 14.7. The number of carbonyl (C=O) groups excluding carboxylic acids is 1. The summed E-state index contributed by atoms with van der Waals surface area (Å²) in [4.78, 5) is 12.2. The van der Waals surface area contributed by atoms with Crippen LogP contribution < -0.4 is 11.1 Å². The number of nitrogen functional groups attached to an aromatic ring is 1. The lowest BCUT2D eigenvalue weighted by molar-refractivity contribution is 0.102. The molecule has 1 amide bonds. The summed E-state index contributed by atoms with van der Waals surface area (Å²) in [5.41, 5.74) is 9.36. The second-order valence-corrected chi connectivity index (χ2v) is 5.06. The molecule has 5 heteroatoms. The van der Waals surface area contributed by atoms with Gasteiger partial charge in [0.05, 0.1) is 11.4 Å². The minimum absolute atomic E-state index is 0.202. The number of aromatic nitrogens is 2. The Balaban J connectivity index is 2.15. The molecule has 1 aromatic carbocycles. The van der Waals surface area contributed by atoms with Gasteiger partial charge in [-0.1, -0.05) is 32.9 Å². The third-order valence-corrected chi connectivity index (χ3v) is 3.25. The largest absolute Gasteiger partial charge is 0.395 e. The lowest BCUT2D eigenvalue weighted by Gasteiger charge is -2.05. The predicted molar refractivity (Wildman–Crippen MR) is 80.9 cm³/mol. The Labute approximate surface area is 118 Å². The molecule has 0 saturated heterocycles. The molecule has 0 radical (unpaired) electrons. The van der Waals surface area contributed by atoms with Crippen LogP contribution in [0.1, 0.15) is 48.4 Å². The lowest BCUT2D eigenvalue weighted by atomic mass is 10.1. The van der Waals surface area contributed by atoms with Crippen molar-refractivity contribution in [3.8, 4) is 0 Å². The van der Waals surface area contributed by atoms with Crippen LogP contribution in [0.5, 0.6) is 0 Å². The molecule has 2 rings (SSSR count). The van der Waals surface area contributed by atoms with Gasteiger partial charge in [-0.05, 0) is 30.0 Å². The molecule has 0 fully saturated rings. The number of rotatable bonds is 4. The standard InChI is InChI=1S/C15H20N4O/c1-4-10-5-7-11(8-6-10)17-15(20)14-12(16)13(9(2)3)18-19-14/h5-9H,4,16H2,1-3H3,(H,17,20)(H,18,19). The Kier molecular flexibility index (Phi) is 4.08. The number of nitrogens with zero attached hydrogens (tertiary/aromatic N) is 1. The topological polar surface area (TPSA) is 83.8 Å². The number of nitrogens with one attached hydrogen (secondary N) is 2. The summed E-state index contributed by atoms with van der Waals surface area (Å²) in [6.07, 6.45) is 0.971. The molecule has 1 aromatic heterocycles. The van der Waals surface area contributed by atoms with Gasteiger partial charge in [-0.3, -0.25) is 9.89 Å². The summed E-state index contributed by atoms with van der Waals surface area (Å²) < 4.78 is 0. The van der Waals surface area contributed by atoms with Crippen molar-refractivity contribution in [2.24, 2.45) is 0 Å². The van der Waals surface area contributed by atoms with Gasteiger partial charge in [0, 0.05) is 5.69 Å². The minimum atomic E-state index is -0.296. The first-order valence-corrected chi connectivity index (χ1v) is 6.77. The van der Waals surface area contributed by atoms with Crippen LogP contribution in [-0.2, 0) is 6.42 Å². The highest BCUT2D eigenvalue weighted by Gasteiger charge is 2.18. The van der Waals surface area contributed by atoms with Gasteiger partial charge in [-0.2, -0.15) is 5.10 Å². The second kappa shape index (κ2) is 5.77. The highest BCUT2D eigenvalue weighted by Crippen LogP contribution is 2.22. The zero-order valence-corrected chi connectivity index (χ0v) is 12.0. The second-order valence-electron chi connectivity index (χ2n) is 5.06. The van der Waals surface area contributed by atoms with E-state index in [1.165, 1.54) is 5.56 Å². The number of hydrogen-bond acceptors (Lipinski definition) is 3. The van der Waals surface area contributed by atoms with Gasteiger partial charge in [-0.25, -0.2) is 0 Å². The maximum absolute atomic E-state index is 12.2. The maximum atomic E-state index is 12.2. The van der Waals surface area contributed by atoms with Crippen molar-refractivity contribution in [3.05, 3.63) is 41.2 Å². The van der Waals surface area contributed by atoms with E-state index in [4.69, 9.17) is 5.73 Å². The summed E-state index contributed by atoms with van der Waals surface area (Å²) >= 11 is 0. The van der Waals surface area contributed by atoms with E-state index in [1.807, 2.05) is 38.1 Å². The third-order valence-electron chi connectivity index (χ3n) is 3.25. The van der Waals surface area contributed by atoms with Crippen LogP contribution in [0.15, 0.2) is 24.3 Å². The van der Waals surface area contributed by atoms with Crippen LogP contribution in [-0.4, -0.2) is 16.1 Å². The smallest absolute Gasteiger partial charge is 0.278 e. The van der Waals surface area contributed by atoms with E-state index in [2.05, 4.69) is 22.4 Å². The van der Waals surface area contributed by atoms with Gasteiger partial charge in [0.2, 0.25) is 0 Å². The molecule has 106 valence electrons. The van der Waals surface area contributed by atoms with Gasteiger partial charge >= 0.3 is 0 Å². The molecule has 2 aromatic rings. The number of aromatic amines is 1. The summed E-state index contributed by atoms with van der Waals surface area (Å²) in [7, 11) is 0. The van der Waals surface area contributed by atoms with Gasteiger partial charge in [0.25, 0.3) is 5.91 Å². The number of anilines is 2. The van der Waals surface area contributed by atoms with Crippen LogP contribution >= 0.6 is 0 Å². The van der Waals surface area contributed by atoms with Crippen LogP contribution in [0.4, 0.5) is 11.4 Å².